The van der Waals surface area contributed by atoms with Gasteiger partial charge in [-0.2, -0.15) is 11.3 Å². The van der Waals surface area contributed by atoms with Gasteiger partial charge in [0.2, 0.25) is 11.8 Å². The molecule has 0 fully saturated rings. The molecule has 3 rings (SSSR count). The van der Waals surface area contributed by atoms with E-state index in [0.29, 0.717) is 11.3 Å². The summed E-state index contributed by atoms with van der Waals surface area (Å²) in [7, 11) is 0. The van der Waals surface area contributed by atoms with E-state index in [9.17, 15) is 19.1 Å². The van der Waals surface area contributed by atoms with Crippen LogP contribution in [0.3, 0.4) is 0 Å². The number of anilines is 1. The Balaban J connectivity index is 1.75. The number of hydrogen-bond acceptors (Lipinski definition) is 4. The zero-order chi connectivity index (χ0) is 17.3. The lowest BCUT2D eigenvalue weighted by Crippen LogP contribution is -2.42. The van der Waals surface area contributed by atoms with E-state index in [1.165, 1.54) is 29.5 Å². The number of hydrogen-bond donors (Lipinski definition) is 3. The first kappa shape index (κ1) is 16.6. The molecule has 126 valence electrons. The van der Waals surface area contributed by atoms with Gasteiger partial charge in [0.15, 0.2) is 0 Å². The van der Waals surface area contributed by atoms with Crippen molar-refractivity contribution in [3.8, 4) is 0 Å². The summed E-state index contributed by atoms with van der Waals surface area (Å²) >= 11 is 1.46. The summed E-state index contributed by atoms with van der Waals surface area (Å²) in [6.07, 6.45) is -0.00887. The van der Waals surface area contributed by atoms with Crippen LogP contribution in [0.2, 0.25) is 0 Å². The molecular weight excluding hydrogens is 331 g/mol. The van der Waals surface area contributed by atoms with Crippen molar-refractivity contribution in [1.29, 1.82) is 0 Å². The second-order valence-electron chi connectivity index (χ2n) is 6.04. The first-order valence-corrected chi connectivity index (χ1v) is 8.43. The molecule has 0 saturated heterocycles. The molecule has 1 aromatic carbocycles. The number of aliphatic hydroxyl groups is 1. The number of carbonyl (C=O) groups excluding carboxylic acids is 2. The number of halogens is 1. The van der Waals surface area contributed by atoms with Crippen molar-refractivity contribution in [3.63, 3.8) is 0 Å². The van der Waals surface area contributed by atoms with Crippen molar-refractivity contribution in [1.82, 2.24) is 5.32 Å². The molecule has 5 nitrogen and oxygen atoms in total. The highest BCUT2D eigenvalue weighted by Gasteiger charge is 2.32. The van der Waals surface area contributed by atoms with E-state index in [4.69, 9.17) is 0 Å². The normalized spacial score (nSPS) is 19.1. The SMILES string of the molecule is CC(O)(CNC(=O)C1CC(=O)Nc2cc(F)ccc21)c1ccsc1. The van der Waals surface area contributed by atoms with Gasteiger partial charge in [0.1, 0.15) is 11.4 Å². The van der Waals surface area contributed by atoms with Crippen LogP contribution in [0.4, 0.5) is 10.1 Å². The number of fused-ring (bicyclic) bond motifs is 1. The van der Waals surface area contributed by atoms with Gasteiger partial charge >= 0.3 is 0 Å². The molecule has 2 aromatic rings. The third-order valence-electron chi connectivity index (χ3n) is 4.12. The molecule has 3 N–H and O–H groups in total. The number of carbonyl (C=O) groups is 2. The number of benzene rings is 1. The Kier molecular flexibility index (Phi) is 4.38. The lowest BCUT2D eigenvalue weighted by Gasteiger charge is -2.27. The predicted octanol–water partition coefficient (Wildman–Crippen LogP) is 2.34. The lowest BCUT2D eigenvalue weighted by molar-refractivity contribution is -0.127. The molecular formula is C17H17FN2O3S. The fourth-order valence-corrected chi connectivity index (χ4v) is 3.51. The van der Waals surface area contributed by atoms with Crippen LogP contribution in [-0.2, 0) is 15.2 Å². The summed E-state index contributed by atoms with van der Waals surface area (Å²) in [6.45, 7) is 1.64. The molecule has 2 atom stereocenters. The molecule has 1 aliphatic heterocycles. The van der Waals surface area contributed by atoms with E-state index in [0.717, 1.165) is 5.56 Å². The summed E-state index contributed by atoms with van der Waals surface area (Å²) in [4.78, 5) is 24.3. The van der Waals surface area contributed by atoms with E-state index in [2.05, 4.69) is 10.6 Å². The molecule has 2 unspecified atom stereocenters. The van der Waals surface area contributed by atoms with Gasteiger partial charge in [-0.05, 0) is 47.0 Å². The van der Waals surface area contributed by atoms with Gasteiger partial charge < -0.3 is 15.7 Å². The summed E-state index contributed by atoms with van der Waals surface area (Å²) in [5.41, 5.74) is 0.411. The zero-order valence-electron chi connectivity index (χ0n) is 13.0. The average Bonchev–Trinajstić information content (AvgIpc) is 3.06. The molecule has 0 spiro atoms. The van der Waals surface area contributed by atoms with Crippen molar-refractivity contribution in [2.24, 2.45) is 0 Å². The Morgan fingerprint density at radius 3 is 3.00 bits per heavy atom. The van der Waals surface area contributed by atoms with Crippen LogP contribution in [0, 0.1) is 5.82 Å². The second kappa shape index (κ2) is 6.33. The monoisotopic (exact) mass is 348 g/mol. The third-order valence-corrected chi connectivity index (χ3v) is 4.80. The highest BCUT2D eigenvalue weighted by atomic mass is 32.1. The Morgan fingerprint density at radius 2 is 2.29 bits per heavy atom. The fourth-order valence-electron chi connectivity index (χ4n) is 2.73. The van der Waals surface area contributed by atoms with Gasteiger partial charge in [0.05, 0.1) is 12.5 Å². The minimum atomic E-state index is -1.20. The molecule has 0 saturated carbocycles. The Hall–Kier alpha value is -2.25. The molecule has 2 heterocycles. The van der Waals surface area contributed by atoms with Gasteiger partial charge in [0, 0.05) is 12.1 Å². The first-order valence-electron chi connectivity index (χ1n) is 7.49. The first-order chi connectivity index (χ1) is 11.4. The van der Waals surface area contributed by atoms with Gasteiger partial charge in [-0.25, -0.2) is 4.39 Å². The van der Waals surface area contributed by atoms with Crippen LogP contribution >= 0.6 is 11.3 Å². The molecule has 7 heteroatoms. The van der Waals surface area contributed by atoms with Crippen molar-refractivity contribution in [2.75, 3.05) is 11.9 Å². The zero-order valence-corrected chi connectivity index (χ0v) is 13.8. The summed E-state index contributed by atoms with van der Waals surface area (Å²) in [5.74, 6) is -1.88. The fraction of sp³-hybridized carbons (Fsp3) is 0.294. The maximum atomic E-state index is 13.3. The van der Waals surface area contributed by atoms with E-state index in [-0.39, 0.29) is 24.8 Å². The van der Waals surface area contributed by atoms with E-state index in [1.54, 1.807) is 13.0 Å². The number of thiophene rings is 1. The van der Waals surface area contributed by atoms with Gasteiger partial charge in [0.25, 0.3) is 0 Å². The lowest BCUT2D eigenvalue weighted by atomic mass is 9.89. The predicted molar refractivity (Wildman–Crippen MR) is 89.3 cm³/mol. The molecule has 24 heavy (non-hydrogen) atoms. The van der Waals surface area contributed by atoms with Crippen LogP contribution in [-0.4, -0.2) is 23.5 Å². The topological polar surface area (TPSA) is 78.4 Å². The van der Waals surface area contributed by atoms with Crippen LogP contribution in [0.1, 0.15) is 30.4 Å². The van der Waals surface area contributed by atoms with Crippen LogP contribution in [0.5, 0.6) is 0 Å². The van der Waals surface area contributed by atoms with Gasteiger partial charge in [-0.15, -0.1) is 0 Å². The highest BCUT2D eigenvalue weighted by Crippen LogP contribution is 2.33. The van der Waals surface area contributed by atoms with Gasteiger partial charge in [-0.3, -0.25) is 9.59 Å². The molecule has 0 bridgehead atoms. The van der Waals surface area contributed by atoms with Crippen LogP contribution < -0.4 is 10.6 Å². The minimum absolute atomic E-state index is 0.00887. The highest BCUT2D eigenvalue weighted by molar-refractivity contribution is 7.08. The van der Waals surface area contributed by atoms with Crippen molar-refractivity contribution < 1.29 is 19.1 Å². The Morgan fingerprint density at radius 1 is 1.50 bits per heavy atom. The smallest absolute Gasteiger partial charge is 0.228 e. The Labute approximate surface area is 142 Å². The van der Waals surface area contributed by atoms with Gasteiger partial charge in [-0.1, -0.05) is 6.07 Å². The van der Waals surface area contributed by atoms with Crippen molar-refractivity contribution in [3.05, 3.63) is 52.0 Å². The summed E-state index contributed by atoms with van der Waals surface area (Å²) < 4.78 is 13.3. The second-order valence-corrected chi connectivity index (χ2v) is 6.82. The largest absolute Gasteiger partial charge is 0.384 e. The quantitative estimate of drug-likeness (QED) is 0.794. The van der Waals surface area contributed by atoms with Crippen LogP contribution in [0.15, 0.2) is 35.0 Å². The van der Waals surface area contributed by atoms with Crippen molar-refractivity contribution in [2.45, 2.75) is 24.9 Å². The third kappa shape index (κ3) is 3.32. The molecule has 0 aliphatic carbocycles. The van der Waals surface area contributed by atoms with E-state index < -0.39 is 17.3 Å². The molecule has 1 aliphatic rings. The van der Waals surface area contributed by atoms with Crippen molar-refractivity contribution >= 4 is 28.8 Å². The maximum absolute atomic E-state index is 13.3. The molecule has 1 aromatic heterocycles. The number of nitrogens with one attached hydrogen (secondary N) is 2. The molecule has 0 radical (unpaired) electrons. The average molecular weight is 348 g/mol. The maximum Gasteiger partial charge on any atom is 0.228 e. The van der Waals surface area contributed by atoms with E-state index >= 15 is 0 Å². The number of amides is 2. The standard InChI is InChI=1S/C17H17FN2O3S/c1-17(23,10-4-5-24-8-10)9-19-16(22)13-7-15(21)20-14-6-11(18)2-3-12(13)14/h2-6,8,13,23H,7,9H2,1H3,(H,19,22)(H,20,21). The van der Waals surface area contributed by atoms with E-state index in [1.807, 2.05) is 10.8 Å². The number of rotatable bonds is 4. The van der Waals surface area contributed by atoms with Crippen LogP contribution in [0.25, 0.3) is 0 Å². The minimum Gasteiger partial charge on any atom is -0.384 e. The summed E-state index contributed by atoms with van der Waals surface area (Å²) in [5, 5.41) is 19.4. The Bertz CT molecular complexity index is 774. The summed E-state index contributed by atoms with van der Waals surface area (Å²) in [6, 6.07) is 5.76. The molecule has 2 amide bonds.